The zero-order valence-corrected chi connectivity index (χ0v) is 9.70. The van der Waals surface area contributed by atoms with Crippen LogP contribution in [-0.4, -0.2) is 12.6 Å². The summed E-state index contributed by atoms with van der Waals surface area (Å²) >= 11 is 1.94. The van der Waals surface area contributed by atoms with Crippen LogP contribution in [0, 0.1) is 6.92 Å². The van der Waals surface area contributed by atoms with Gasteiger partial charge in [-0.15, -0.1) is 11.3 Å². The van der Waals surface area contributed by atoms with Crippen molar-refractivity contribution in [1.29, 1.82) is 0 Å². The lowest BCUT2D eigenvalue weighted by Gasteiger charge is -2.01. The van der Waals surface area contributed by atoms with Crippen LogP contribution in [-0.2, 0) is 6.42 Å². The first-order valence-corrected chi connectivity index (χ1v) is 6.45. The zero-order chi connectivity index (χ0) is 9.80. The van der Waals surface area contributed by atoms with Gasteiger partial charge in [0.1, 0.15) is 0 Å². The van der Waals surface area contributed by atoms with Gasteiger partial charge in [-0.1, -0.05) is 0 Å². The second-order valence-electron chi connectivity index (χ2n) is 4.20. The Morgan fingerprint density at radius 2 is 2.21 bits per heavy atom. The summed E-state index contributed by atoms with van der Waals surface area (Å²) in [6.45, 7) is 3.40. The van der Waals surface area contributed by atoms with Crippen molar-refractivity contribution in [3.8, 4) is 0 Å². The minimum absolute atomic E-state index is 0.874. The van der Waals surface area contributed by atoms with Gasteiger partial charge in [0, 0.05) is 15.8 Å². The Bertz CT molecular complexity index is 276. The molecule has 0 aromatic carbocycles. The molecule has 0 radical (unpaired) electrons. The predicted octanol–water partition coefficient (Wildman–Crippen LogP) is 3.13. The van der Waals surface area contributed by atoms with Crippen LogP contribution in [0.1, 0.15) is 35.4 Å². The van der Waals surface area contributed by atoms with Crippen LogP contribution >= 0.6 is 11.3 Å². The van der Waals surface area contributed by atoms with Gasteiger partial charge in [-0.3, -0.25) is 0 Å². The fraction of sp³-hybridized carbons (Fsp3) is 0.667. The third-order valence-electron chi connectivity index (χ3n) is 2.66. The first kappa shape index (κ1) is 10.2. The quantitative estimate of drug-likeness (QED) is 0.710. The van der Waals surface area contributed by atoms with Crippen molar-refractivity contribution in [2.75, 3.05) is 6.54 Å². The monoisotopic (exact) mass is 209 g/mol. The number of aryl methyl sites for hydroxylation is 2. The van der Waals surface area contributed by atoms with Gasteiger partial charge >= 0.3 is 0 Å². The van der Waals surface area contributed by atoms with E-state index in [-0.39, 0.29) is 0 Å². The molecule has 14 heavy (non-hydrogen) atoms. The maximum atomic E-state index is 3.55. The van der Waals surface area contributed by atoms with Crippen LogP contribution in [0.4, 0.5) is 0 Å². The van der Waals surface area contributed by atoms with Crippen molar-refractivity contribution in [3.05, 3.63) is 21.9 Å². The molecular weight excluding hydrogens is 190 g/mol. The molecule has 2 heteroatoms. The Morgan fingerprint density at radius 1 is 1.36 bits per heavy atom. The Morgan fingerprint density at radius 3 is 2.86 bits per heavy atom. The fourth-order valence-electron chi connectivity index (χ4n) is 1.64. The molecular formula is C12H19NS. The predicted molar refractivity (Wildman–Crippen MR) is 63.0 cm³/mol. The highest BCUT2D eigenvalue weighted by molar-refractivity contribution is 7.11. The summed E-state index contributed by atoms with van der Waals surface area (Å²) in [5, 5.41) is 3.55. The van der Waals surface area contributed by atoms with Crippen LogP contribution in [0.2, 0.25) is 0 Å². The lowest BCUT2D eigenvalue weighted by atomic mass is 10.2. The van der Waals surface area contributed by atoms with E-state index in [2.05, 4.69) is 24.4 Å². The standard InChI is InChI=1S/C12H19NS/c1-10-5-8-12(14-10)4-2-3-9-13-11-6-7-11/h5,8,11,13H,2-4,6-7,9H2,1H3. The first-order valence-electron chi connectivity index (χ1n) is 5.63. The molecule has 1 aliphatic carbocycles. The Labute approximate surface area is 90.5 Å². The van der Waals surface area contributed by atoms with E-state index >= 15 is 0 Å². The fourth-order valence-corrected chi connectivity index (χ4v) is 2.57. The Hall–Kier alpha value is -0.340. The molecule has 1 aliphatic rings. The number of thiophene rings is 1. The largest absolute Gasteiger partial charge is 0.314 e. The van der Waals surface area contributed by atoms with Crippen molar-refractivity contribution in [3.63, 3.8) is 0 Å². The molecule has 1 nitrogen and oxygen atoms in total. The van der Waals surface area contributed by atoms with Gasteiger partial charge < -0.3 is 5.32 Å². The van der Waals surface area contributed by atoms with Gasteiger partial charge in [0.2, 0.25) is 0 Å². The van der Waals surface area contributed by atoms with Crippen LogP contribution in [0.15, 0.2) is 12.1 Å². The summed E-state index contributed by atoms with van der Waals surface area (Å²) in [7, 11) is 0. The van der Waals surface area contributed by atoms with E-state index in [1.807, 2.05) is 11.3 Å². The topological polar surface area (TPSA) is 12.0 Å². The second-order valence-corrected chi connectivity index (χ2v) is 5.57. The summed E-state index contributed by atoms with van der Waals surface area (Å²) in [4.78, 5) is 2.99. The molecule has 0 aliphatic heterocycles. The van der Waals surface area contributed by atoms with Gasteiger partial charge in [0.05, 0.1) is 0 Å². The van der Waals surface area contributed by atoms with Crippen LogP contribution in [0.5, 0.6) is 0 Å². The number of rotatable bonds is 6. The normalized spacial score (nSPS) is 16.1. The molecule has 2 rings (SSSR count). The van der Waals surface area contributed by atoms with E-state index < -0.39 is 0 Å². The second kappa shape index (κ2) is 4.94. The summed E-state index contributed by atoms with van der Waals surface area (Å²) in [6.07, 6.45) is 6.74. The maximum Gasteiger partial charge on any atom is 0.00682 e. The van der Waals surface area contributed by atoms with Crippen molar-refractivity contribution in [2.45, 2.75) is 45.1 Å². The third-order valence-corrected chi connectivity index (χ3v) is 3.72. The van der Waals surface area contributed by atoms with E-state index in [9.17, 15) is 0 Å². The van der Waals surface area contributed by atoms with Gasteiger partial charge in [-0.25, -0.2) is 0 Å². The van der Waals surface area contributed by atoms with E-state index in [0.717, 1.165) is 6.04 Å². The van der Waals surface area contributed by atoms with E-state index in [4.69, 9.17) is 0 Å². The van der Waals surface area contributed by atoms with Gasteiger partial charge in [-0.2, -0.15) is 0 Å². The van der Waals surface area contributed by atoms with Crippen LogP contribution < -0.4 is 5.32 Å². The Kier molecular flexibility index (Phi) is 3.60. The Balaban J connectivity index is 1.53. The van der Waals surface area contributed by atoms with Gasteiger partial charge in [0.15, 0.2) is 0 Å². The molecule has 78 valence electrons. The van der Waals surface area contributed by atoms with Crippen molar-refractivity contribution in [1.82, 2.24) is 5.32 Å². The summed E-state index contributed by atoms with van der Waals surface area (Å²) in [5.74, 6) is 0. The SMILES string of the molecule is Cc1ccc(CCCCNC2CC2)s1. The molecule has 0 spiro atoms. The summed E-state index contributed by atoms with van der Waals surface area (Å²) in [5.41, 5.74) is 0. The number of hydrogen-bond acceptors (Lipinski definition) is 2. The van der Waals surface area contributed by atoms with E-state index in [1.54, 1.807) is 4.88 Å². The molecule has 1 aromatic rings. The number of unbranched alkanes of at least 4 members (excludes halogenated alkanes) is 1. The number of hydrogen-bond donors (Lipinski definition) is 1. The molecule has 1 aromatic heterocycles. The minimum atomic E-state index is 0.874. The average molecular weight is 209 g/mol. The van der Waals surface area contributed by atoms with Crippen LogP contribution in [0.25, 0.3) is 0 Å². The molecule has 0 amide bonds. The van der Waals surface area contributed by atoms with E-state index in [0.29, 0.717) is 0 Å². The molecule has 1 fully saturated rings. The molecule has 1 saturated carbocycles. The molecule has 0 bridgehead atoms. The highest BCUT2D eigenvalue weighted by Gasteiger charge is 2.19. The average Bonchev–Trinajstić information content (AvgIpc) is 2.89. The molecule has 1 N–H and O–H groups in total. The van der Waals surface area contributed by atoms with E-state index in [1.165, 1.54) is 43.5 Å². The highest BCUT2D eigenvalue weighted by atomic mass is 32.1. The third kappa shape index (κ3) is 3.43. The van der Waals surface area contributed by atoms with Crippen LogP contribution in [0.3, 0.4) is 0 Å². The summed E-state index contributed by atoms with van der Waals surface area (Å²) in [6, 6.07) is 5.37. The van der Waals surface area contributed by atoms with Crippen molar-refractivity contribution in [2.24, 2.45) is 0 Å². The molecule has 0 atom stereocenters. The smallest absolute Gasteiger partial charge is 0.00682 e. The molecule has 1 heterocycles. The zero-order valence-electron chi connectivity index (χ0n) is 8.88. The summed E-state index contributed by atoms with van der Waals surface area (Å²) < 4.78 is 0. The van der Waals surface area contributed by atoms with Crippen molar-refractivity contribution >= 4 is 11.3 Å². The van der Waals surface area contributed by atoms with Crippen molar-refractivity contribution < 1.29 is 0 Å². The molecule has 0 saturated heterocycles. The number of nitrogens with one attached hydrogen (secondary N) is 1. The van der Waals surface area contributed by atoms with Gasteiger partial charge in [0.25, 0.3) is 0 Å². The first-order chi connectivity index (χ1) is 6.84. The highest BCUT2D eigenvalue weighted by Crippen LogP contribution is 2.19. The lowest BCUT2D eigenvalue weighted by Crippen LogP contribution is -2.17. The molecule has 0 unspecified atom stereocenters. The maximum absolute atomic E-state index is 3.55. The minimum Gasteiger partial charge on any atom is -0.314 e. The van der Waals surface area contributed by atoms with Gasteiger partial charge in [-0.05, 0) is 57.7 Å². The lowest BCUT2D eigenvalue weighted by molar-refractivity contribution is 0.621.